The van der Waals surface area contributed by atoms with Gasteiger partial charge in [-0.3, -0.25) is 9.59 Å². The van der Waals surface area contributed by atoms with Crippen LogP contribution in [0.2, 0.25) is 0 Å². The monoisotopic (exact) mass is 355 g/mol. The zero-order chi connectivity index (χ0) is 16.0. The van der Waals surface area contributed by atoms with Gasteiger partial charge in [0.2, 0.25) is 11.8 Å². The first kappa shape index (κ1) is 17.7. The molecule has 0 saturated heterocycles. The Morgan fingerprint density at radius 2 is 1.95 bits per heavy atom. The van der Waals surface area contributed by atoms with E-state index in [0.29, 0.717) is 6.54 Å². The van der Waals surface area contributed by atoms with Gasteiger partial charge < -0.3 is 16.0 Å². The van der Waals surface area contributed by atoms with Crippen molar-refractivity contribution >= 4 is 27.7 Å². The van der Waals surface area contributed by atoms with E-state index in [1.807, 2.05) is 38.1 Å². The molecule has 0 unspecified atom stereocenters. The average molecular weight is 356 g/mol. The number of hydrogen-bond acceptors (Lipinski definition) is 3. The van der Waals surface area contributed by atoms with E-state index >= 15 is 0 Å². The van der Waals surface area contributed by atoms with Gasteiger partial charge in [-0.2, -0.15) is 0 Å². The summed E-state index contributed by atoms with van der Waals surface area (Å²) < 4.78 is 0.954. The Balaban J connectivity index is 2.49. The first-order valence-electron chi connectivity index (χ1n) is 6.83. The largest absolute Gasteiger partial charge is 0.346 e. The highest BCUT2D eigenvalue weighted by Gasteiger charge is 2.18. The van der Waals surface area contributed by atoms with Crippen molar-refractivity contribution in [3.05, 3.63) is 34.3 Å². The van der Waals surface area contributed by atoms with Crippen molar-refractivity contribution in [1.82, 2.24) is 10.2 Å². The van der Waals surface area contributed by atoms with Gasteiger partial charge in [-0.25, -0.2) is 0 Å². The third-order valence-corrected chi connectivity index (χ3v) is 4.00. The molecule has 0 fully saturated rings. The molecule has 0 aliphatic rings. The van der Waals surface area contributed by atoms with Crippen LogP contribution in [0.5, 0.6) is 0 Å². The number of likely N-dealkylation sites (N-methyl/N-ethyl adjacent to an activating group) is 1. The fourth-order valence-corrected chi connectivity index (χ4v) is 2.10. The van der Waals surface area contributed by atoms with Crippen molar-refractivity contribution in [3.8, 4) is 0 Å². The van der Waals surface area contributed by atoms with Crippen LogP contribution in [0.25, 0.3) is 0 Å². The summed E-state index contributed by atoms with van der Waals surface area (Å²) in [5.41, 5.74) is 6.74. The average Bonchev–Trinajstić information content (AvgIpc) is 2.45. The van der Waals surface area contributed by atoms with Crippen molar-refractivity contribution in [3.63, 3.8) is 0 Å². The number of nitrogens with one attached hydrogen (secondary N) is 1. The highest BCUT2D eigenvalue weighted by molar-refractivity contribution is 9.10. The Kier molecular flexibility index (Phi) is 6.84. The van der Waals surface area contributed by atoms with E-state index in [4.69, 9.17) is 5.73 Å². The van der Waals surface area contributed by atoms with Gasteiger partial charge in [-0.1, -0.05) is 48.0 Å². The Labute approximate surface area is 134 Å². The maximum atomic E-state index is 12.0. The van der Waals surface area contributed by atoms with E-state index in [-0.39, 0.29) is 24.3 Å². The van der Waals surface area contributed by atoms with Crippen LogP contribution in [0.15, 0.2) is 28.7 Å². The first-order chi connectivity index (χ1) is 9.82. The molecule has 1 rings (SSSR count). The van der Waals surface area contributed by atoms with E-state index in [9.17, 15) is 9.59 Å². The Hall–Kier alpha value is -1.40. The number of nitrogens with two attached hydrogens (primary N) is 1. The second-order valence-corrected chi connectivity index (χ2v) is 6.18. The predicted molar refractivity (Wildman–Crippen MR) is 86.4 cm³/mol. The summed E-state index contributed by atoms with van der Waals surface area (Å²) in [6.45, 7) is 4.17. The summed E-state index contributed by atoms with van der Waals surface area (Å²) in [5, 5.41) is 2.58. The molecule has 0 aliphatic carbocycles. The number of benzene rings is 1. The predicted octanol–water partition coefficient (Wildman–Crippen LogP) is 1.51. The van der Waals surface area contributed by atoms with E-state index < -0.39 is 6.04 Å². The van der Waals surface area contributed by atoms with Crippen LogP contribution in [-0.4, -0.2) is 36.3 Å². The van der Waals surface area contributed by atoms with Gasteiger partial charge in [-0.15, -0.1) is 0 Å². The van der Waals surface area contributed by atoms with Crippen LogP contribution in [-0.2, 0) is 16.1 Å². The fraction of sp³-hybridized carbons (Fsp3) is 0.467. The lowest BCUT2D eigenvalue weighted by molar-refractivity contribution is -0.132. The number of rotatable bonds is 6. The van der Waals surface area contributed by atoms with Crippen molar-refractivity contribution in [2.24, 2.45) is 11.7 Å². The molecule has 21 heavy (non-hydrogen) atoms. The Morgan fingerprint density at radius 3 is 2.52 bits per heavy atom. The SMILES string of the molecule is CC(C)[C@H](N)C(=O)NCC(=O)N(C)Cc1ccccc1Br. The minimum atomic E-state index is -0.591. The number of carbonyl (C=O) groups is 2. The normalized spacial score (nSPS) is 12.1. The van der Waals surface area contributed by atoms with Gasteiger partial charge >= 0.3 is 0 Å². The maximum absolute atomic E-state index is 12.0. The zero-order valence-corrected chi connectivity index (χ0v) is 14.2. The van der Waals surface area contributed by atoms with E-state index in [2.05, 4.69) is 21.2 Å². The number of nitrogens with zero attached hydrogens (tertiary/aromatic N) is 1. The third kappa shape index (κ3) is 5.47. The number of hydrogen-bond donors (Lipinski definition) is 2. The molecule has 0 aromatic heterocycles. The van der Waals surface area contributed by atoms with Gasteiger partial charge in [0.1, 0.15) is 0 Å². The molecule has 0 bridgehead atoms. The molecule has 1 atom stereocenters. The Morgan fingerprint density at radius 1 is 1.33 bits per heavy atom. The molecule has 3 N–H and O–H groups in total. The van der Waals surface area contributed by atoms with Crippen molar-refractivity contribution in [2.45, 2.75) is 26.4 Å². The lowest BCUT2D eigenvalue weighted by Gasteiger charge is -2.20. The Bertz CT molecular complexity index is 505. The molecule has 0 aliphatic heterocycles. The van der Waals surface area contributed by atoms with Crippen LogP contribution in [0.1, 0.15) is 19.4 Å². The van der Waals surface area contributed by atoms with Crippen LogP contribution in [0.4, 0.5) is 0 Å². The second kappa shape index (κ2) is 8.14. The lowest BCUT2D eigenvalue weighted by Crippen LogP contribution is -2.47. The quantitative estimate of drug-likeness (QED) is 0.811. The molecular formula is C15H22BrN3O2. The summed E-state index contributed by atoms with van der Waals surface area (Å²) in [7, 11) is 1.70. The first-order valence-corrected chi connectivity index (χ1v) is 7.63. The lowest BCUT2D eigenvalue weighted by atomic mass is 10.1. The highest BCUT2D eigenvalue weighted by Crippen LogP contribution is 2.17. The van der Waals surface area contributed by atoms with Crippen molar-refractivity contribution in [1.29, 1.82) is 0 Å². The van der Waals surface area contributed by atoms with Crippen LogP contribution in [0, 0.1) is 5.92 Å². The second-order valence-electron chi connectivity index (χ2n) is 5.33. The third-order valence-electron chi connectivity index (χ3n) is 3.23. The zero-order valence-electron chi connectivity index (χ0n) is 12.6. The van der Waals surface area contributed by atoms with Crippen molar-refractivity contribution < 1.29 is 9.59 Å². The molecular weight excluding hydrogens is 334 g/mol. The van der Waals surface area contributed by atoms with Gasteiger partial charge in [0.15, 0.2) is 0 Å². The minimum Gasteiger partial charge on any atom is -0.346 e. The molecule has 0 radical (unpaired) electrons. The molecule has 1 aromatic rings. The van der Waals surface area contributed by atoms with Crippen LogP contribution >= 0.6 is 15.9 Å². The molecule has 5 nitrogen and oxygen atoms in total. The molecule has 1 aromatic carbocycles. The fourth-order valence-electron chi connectivity index (χ4n) is 1.69. The molecule has 0 saturated carbocycles. The summed E-state index contributed by atoms with van der Waals surface area (Å²) >= 11 is 3.45. The topological polar surface area (TPSA) is 75.4 Å². The van der Waals surface area contributed by atoms with Crippen LogP contribution < -0.4 is 11.1 Å². The highest BCUT2D eigenvalue weighted by atomic mass is 79.9. The summed E-state index contributed by atoms with van der Waals surface area (Å²) in [5.74, 6) is -0.416. The minimum absolute atomic E-state index is 0.0399. The summed E-state index contributed by atoms with van der Waals surface area (Å²) in [6.07, 6.45) is 0. The van der Waals surface area contributed by atoms with E-state index in [0.717, 1.165) is 10.0 Å². The molecule has 0 spiro atoms. The summed E-state index contributed by atoms with van der Waals surface area (Å²) in [4.78, 5) is 25.3. The smallest absolute Gasteiger partial charge is 0.242 e. The van der Waals surface area contributed by atoms with Crippen molar-refractivity contribution in [2.75, 3.05) is 13.6 Å². The molecule has 2 amide bonds. The molecule has 116 valence electrons. The van der Waals surface area contributed by atoms with E-state index in [1.165, 1.54) is 0 Å². The maximum Gasteiger partial charge on any atom is 0.242 e. The van der Waals surface area contributed by atoms with Crippen LogP contribution in [0.3, 0.4) is 0 Å². The van der Waals surface area contributed by atoms with Gasteiger partial charge in [0, 0.05) is 18.1 Å². The van der Waals surface area contributed by atoms with Gasteiger partial charge in [0.25, 0.3) is 0 Å². The summed E-state index contributed by atoms with van der Waals surface area (Å²) in [6, 6.07) is 7.12. The van der Waals surface area contributed by atoms with Gasteiger partial charge in [-0.05, 0) is 17.5 Å². The number of amides is 2. The molecule has 0 heterocycles. The molecule has 6 heteroatoms. The number of carbonyl (C=O) groups excluding carboxylic acids is 2. The standard InChI is InChI=1S/C15H22BrN3O2/c1-10(2)14(17)15(21)18-8-13(20)19(3)9-11-6-4-5-7-12(11)16/h4-7,10,14H,8-9,17H2,1-3H3,(H,18,21)/t14-/m0/s1. The van der Waals surface area contributed by atoms with E-state index in [1.54, 1.807) is 11.9 Å². The number of halogens is 1. The van der Waals surface area contributed by atoms with Gasteiger partial charge in [0.05, 0.1) is 12.6 Å².